The van der Waals surface area contributed by atoms with Crippen molar-refractivity contribution in [1.29, 1.82) is 5.26 Å². The third-order valence-electron chi connectivity index (χ3n) is 1.82. The monoisotopic (exact) mass is 252 g/mol. The Morgan fingerprint density at radius 2 is 2.31 bits per heavy atom. The molecule has 0 atom stereocenters. The topological polar surface area (TPSA) is 49.8 Å². The molecule has 1 heterocycles. The van der Waals surface area contributed by atoms with E-state index < -0.39 is 0 Å². The molecule has 1 aromatic heterocycles. The number of anilines is 1. The second-order valence-electron chi connectivity index (χ2n) is 2.61. The predicted molar refractivity (Wildman–Crippen MR) is 58.7 cm³/mol. The van der Waals surface area contributed by atoms with E-state index in [1.165, 1.54) is 0 Å². The van der Waals surface area contributed by atoms with Gasteiger partial charge in [0, 0.05) is 5.69 Å². The van der Waals surface area contributed by atoms with E-state index in [2.05, 4.69) is 22.0 Å². The Labute approximate surface area is 87.7 Å². The molecule has 2 aromatic rings. The third kappa shape index (κ3) is 1.21. The summed E-state index contributed by atoms with van der Waals surface area (Å²) in [6, 6.07) is 5.98. The Bertz CT molecular complexity index is 510. The third-order valence-corrected chi connectivity index (χ3v) is 3.62. The minimum atomic E-state index is 0.613. The summed E-state index contributed by atoms with van der Waals surface area (Å²) in [5.74, 6) is 0. The van der Waals surface area contributed by atoms with Gasteiger partial charge in [0.15, 0.2) is 0 Å². The van der Waals surface area contributed by atoms with Crippen LogP contribution in [0.2, 0.25) is 0 Å². The number of benzene rings is 1. The van der Waals surface area contributed by atoms with Gasteiger partial charge in [-0.3, -0.25) is 0 Å². The smallest absolute Gasteiger partial charge is 0.102 e. The fourth-order valence-corrected chi connectivity index (χ4v) is 2.62. The van der Waals surface area contributed by atoms with Crippen molar-refractivity contribution in [2.45, 2.75) is 0 Å². The summed E-state index contributed by atoms with van der Waals surface area (Å²) < 4.78 is 1.69. The molecular formula is C9H5BrN2S. The highest BCUT2D eigenvalue weighted by atomic mass is 79.9. The van der Waals surface area contributed by atoms with Gasteiger partial charge < -0.3 is 5.73 Å². The van der Waals surface area contributed by atoms with Crippen molar-refractivity contribution in [3.8, 4) is 6.07 Å². The molecular weight excluding hydrogens is 248 g/mol. The first-order chi connectivity index (χ1) is 6.24. The maximum atomic E-state index is 8.93. The number of hydrogen-bond donors (Lipinski definition) is 1. The Morgan fingerprint density at radius 1 is 1.54 bits per heavy atom. The number of hydrogen-bond acceptors (Lipinski definition) is 3. The molecule has 0 saturated heterocycles. The van der Waals surface area contributed by atoms with E-state index in [9.17, 15) is 0 Å². The maximum Gasteiger partial charge on any atom is 0.102 e. The van der Waals surface area contributed by atoms with E-state index >= 15 is 0 Å². The van der Waals surface area contributed by atoms with Gasteiger partial charge in [-0.25, -0.2) is 0 Å². The summed E-state index contributed by atoms with van der Waals surface area (Å²) in [6.07, 6.45) is 0. The highest BCUT2D eigenvalue weighted by Crippen LogP contribution is 2.34. The van der Waals surface area contributed by atoms with E-state index in [4.69, 9.17) is 11.0 Å². The highest BCUT2D eigenvalue weighted by molar-refractivity contribution is 9.10. The van der Waals surface area contributed by atoms with Crippen LogP contribution >= 0.6 is 27.3 Å². The van der Waals surface area contributed by atoms with Gasteiger partial charge in [-0.15, -0.1) is 11.3 Å². The molecule has 0 bridgehead atoms. The lowest BCUT2D eigenvalue weighted by molar-refractivity contribution is 1.50. The zero-order chi connectivity index (χ0) is 9.42. The van der Waals surface area contributed by atoms with Crippen LogP contribution < -0.4 is 5.73 Å². The lowest BCUT2D eigenvalue weighted by Crippen LogP contribution is -1.89. The van der Waals surface area contributed by atoms with Gasteiger partial charge in [0.2, 0.25) is 0 Å². The number of thiophene rings is 1. The van der Waals surface area contributed by atoms with Crippen LogP contribution in [0.5, 0.6) is 0 Å². The maximum absolute atomic E-state index is 8.93. The first-order valence-electron chi connectivity index (χ1n) is 3.59. The minimum Gasteiger partial charge on any atom is -0.398 e. The van der Waals surface area contributed by atoms with Gasteiger partial charge >= 0.3 is 0 Å². The molecule has 2 rings (SSSR count). The zero-order valence-corrected chi connectivity index (χ0v) is 8.95. The molecule has 1 aromatic carbocycles. The van der Waals surface area contributed by atoms with Gasteiger partial charge in [0.25, 0.3) is 0 Å². The largest absolute Gasteiger partial charge is 0.398 e. The molecule has 0 aliphatic rings. The number of fused-ring (bicyclic) bond motifs is 1. The number of nitrogens with two attached hydrogens (primary N) is 1. The molecule has 0 saturated carbocycles. The minimum absolute atomic E-state index is 0.613. The van der Waals surface area contributed by atoms with Crippen molar-refractivity contribution < 1.29 is 0 Å². The molecule has 64 valence electrons. The van der Waals surface area contributed by atoms with Crippen molar-refractivity contribution in [2.75, 3.05) is 5.73 Å². The highest BCUT2D eigenvalue weighted by Gasteiger charge is 2.09. The summed E-state index contributed by atoms with van der Waals surface area (Å²) in [7, 11) is 0. The number of nitriles is 1. The number of nitrogen functional groups attached to an aromatic ring is 1. The van der Waals surface area contributed by atoms with Gasteiger partial charge in [0.1, 0.15) is 6.07 Å². The lowest BCUT2D eigenvalue weighted by Gasteiger charge is -2.01. The second-order valence-corrected chi connectivity index (χ2v) is 4.31. The summed E-state index contributed by atoms with van der Waals surface area (Å²) in [4.78, 5) is 0. The Morgan fingerprint density at radius 3 is 3.00 bits per heavy atom. The normalized spacial score (nSPS) is 10.2. The van der Waals surface area contributed by atoms with Crippen molar-refractivity contribution in [1.82, 2.24) is 0 Å². The summed E-state index contributed by atoms with van der Waals surface area (Å²) in [6.45, 7) is 0. The van der Waals surface area contributed by atoms with Crippen LogP contribution in [-0.2, 0) is 0 Å². The van der Waals surface area contributed by atoms with Gasteiger partial charge in [0.05, 0.1) is 14.7 Å². The number of halogens is 1. The molecule has 13 heavy (non-hydrogen) atoms. The quantitative estimate of drug-likeness (QED) is 0.733. The van der Waals surface area contributed by atoms with Crippen LogP contribution in [0.25, 0.3) is 10.1 Å². The van der Waals surface area contributed by atoms with E-state index in [-0.39, 0.29) is 0 Å². The standard InChI is InChI=1S/C9H5BrN2S/c10-8-6(4-11)9-5(1-2-13-9)3-7(8)12/h1-3H,12H2. The number of nitrogens with zero attached hydrogens (tertiary/aromatic N) is 1. The van der Waals surface area contributed by atoms with E-state index in [0.717, 1.165) is 10.1 Å². The van der Waals surface area contributed by atoms with Crippen molar-refractivity contribution in [2.24, 2.45) is 0 Å². The lowest BCUT2D eigenvalue weighted by atomic mass is 10.1. The Balaban J connectivity index is 2.98. The first-order valence-corrected chi connectivity index (χ1v) is 5.26. The Kier molecular flexibility index (Phi) is 1.98. The van der Waals surface area contributed by atoms with Crippen molar-refractivity contribution in [3.05, 3.63) is 27.5 Å². The summed E-state index contributed by atoms with van der Waals surface area (Å²) in [5.41, 5.74) is 6.97. The molecule has 0 aliphatic heterocycles. The average molecular weight is 253 g/mol. The van der Waals surface area contributed by atoms with Gasteiger partial charge in [-0.05, 0) is 38.8 Å². The molecule has 4 heteroatoms. The molecule has 0 amide bonds. The Hall–Kier alpha value is -1.05. The van der Waals surface area contributed by atoms with Crippen LogP contribution in [-0.4, -0.2) is 0 Å². The first kappa shape index (κ1) is 8.54. The molecule has 2 nitrogen and oxygen atoms in total. The van der Waals surface area contributed by atoms with E-state index in [1.54, 1.807) is 11.3 Å². The molecule has 0 radical (unpaired) electrons. The molecule has 0 aliphatic carbocycles. The SMILES string of the molecule is N#Cc1c(Br)c(N)cc2ccsc12. The van der Waals surface area contributed by atoms with Gasteiger partial charge in [-0.2, -0.15) is 5.26 Å². The van der Waals surface area contributed by atoms with Crippen LogP contribution in [0.4, 0.5) is 5.69 Å². The summed E-state index contributed by atoms with van der Waals surface area (Å²) in [5, 5.41) is 11.9. The second kappa shape index (κ2) is 3.02. The molecule has 0 unspecified atom stereocenters. The molecule has 0 spiro atoms. The van der Waals surface area contributed by atoms with Crippen LogP contribution in [0, 0.1) is 11.3 Å². The van der Waals surface area contributed by atoms with Gasteiger partial charge in [-0.1, -0.05) is 0 Å². The van der Waals surface area contributed by atoms with Crippen LogP contribution in [0.15, 0.2) is 22.0 Å². The van der Waals surface area contributed by atoms with Crippen LogP contribution in [0.3, 0.4) is 0 Å². The van der Waals surface area contributed by atoms with Crippen LogP contribution in [0.1, 0.15) is 5.56 Å². The summed E-state index contributed by atoms with van der Waals surface area (Å²) >= 11 is 4.86. The fourth-order valence-electron chi connectivity index (χ4n) is 1.21. The molecule has 2 N–H and O–H groups in total. The van der Waals surface area contributed by atoms with E-state index in [1.807, 2.05) is 17.5 Å². The van der Waals surface area contributed by atoms with Crippen molar-refractivity contribution >= 4 is 43.0 Å². The van der Waals surface area contributed by atoms with Crippen molar-refractivity contribution in [3.63, 3.8) is 0 Å². The average Bonchev–Trinajstić information content (AvgIpc) is 2.54. The zero-order valence-electron chi connectivity index (χ0n) is 6.54. The predicted octanol–water partition coefficient (Wildman–Crippen LogP) is 3.12. The molecule has 0 fully saturated rings. The number of rotatable bonds is 0. The van der Waals surface area contributed by atoms with E-state index in [0.29, 0.717) is 15.7 Å². The fraction of sp³-hybridized carbons (Fsp3) is 0.